The first-order valence-electron chi connectivity index (χ1n) is 9.31. The molecule has 1 fully saturated rings. The summed E-state index contributed by atoms with van der Waals surface area (Å²) in [6.45, 7) is 0.215. The molecule has 0 spiro atoms. The van der Waals surface area contributed by atoms with Gasteiger partial charge in [-0.05, 0) is 24.5 Å². The molecule has 0 unspecified atom stereocenters. The minimum absolute atomic E-state index is 0.0366. The summed E-state index contributed by atoms with van der Waals surface area (Å²) >= 11 is 0. The van der Waals surface area contributed by atoms with Crippen molar-refractivity contribution in [2.45, 2.75) is 25.4 Å². The van der Waals surface area contributed by atoms with Crippen LogP contribution in [-0.4, -0.2) is 49.4 Å². The summed E-state index contributed by atoms with van der Waals surface area (Å²) < 4.78 is 24.5. The Bertz CT molecular complexity index is 1060. The number of aromatic nitrogens is 1. The number of rotatable bonds is 5. The van der Waals surface area contributed by atoms with Crippen molar-refractivity contribution in [1.29, 1.82) is 0 Å². The summed E-state index contributed by atoms with van der Waals surface area (Å²) in [7, 11) is -1.62. The van der Waals surface area contributed by atoms with E-state index in [2.05, 4.69) is 10.6 Å². The largest absolute Gasteiger partial charge is 0.355 e. The van der Waals surface area contributed by atoms with Crippen molar-refractivity contribution in [2.75, 3.05) is 18.6 Å². The molecular formula is C20H23N3O5S. The summed E-state index contributed by atoms with van der Waals surface area (Å²) in [5, 5.41) is 5.24. The number of hydrogen-bond donors (Lipinski definition) is 2. The molecule has 2 aromatic rings. The monoisotopic (exact) mass is 417 g/mol. The molecule has 9 heteroatoms. The van der Waals surface area contributed by atoms with Gasteiger partial charge in [0.1, 0.15) is 15.4 Å². The molecule has 2 N–H and O–H groups in total. The van der Waals surface area contributed by atoms with Crippen LogP contribution in [0.3, 0.4) is 0 Å². The van der Waals surface area contributed by atoms with Gasteiger partial charge in [0.05, 0.1) is 23.6 Å². The number of carbonyl (C=O) groups is 2. The molecule has 29 heavy (non-hydrogen) atoms. The summed E-state index contributed by atoms with van der Waals surface area (Å²) in [6.07, 6.45) is 2.12. The Morgan fingerprint density at radius 3 is 2.38 bits per heavy atom. The molecule has 0 radical (unpaired) electrons. The second kappa shape index (κ2) is 8.60. The van der Waals surface area contributed by atoms with E-state index in [1.807, 2.05) is 30.3 Å². The van der Waals surface area contributed by atoms with E-state index in [4.69, 9.17) is 0 Å². The van der Waals surface area contributed by atoms with Crippen molar-refractivity contribution in [3.63, 3.8) is 0 Å². The summed E-state index contributed by atoms with van der Waals surface area (Å²) in [6, 6.07) is 10.3. The van der Waals surface area contributed by atoms with Gasteiger partial charge in [-0.1, -0.05) is 30.3 Å². The van der Waals surface area contributed by atoms with Gasteiger partial charge in [0.25, 0.3) is 17.4 Å². The molecular weight excluding hydrogens is 394 g/mol. The molecule has 1 aliphatic heterocycles. The standard InChI is InChI=1S/C20H23N3O5S/c1-21-19(25)17-11-15(18(24)22-16-7-9-29(27,28)10-8-16)13-23(20(17)26)12-14-5-3-2-4-6-14/h2-6,11,13,16H,7-10,12H2,1H3,(H,21,25)(H,22,24). The van der Waals surface area contributed by atoms with Gasteiger partial charge in [0, 0.05) is 19.3 Å². The Balaban J connectivity index is 1.89. The highest BCUT2D eigenvalue weighted by Gasteiger charge is 2.25. The van der Waals surface area contributed by atoms with Crippen LogP contribution >= 0.6 is 0 Å². The fourth-order valence-electron chi connectivity index (χ4n) is 3.26. The van der Waals surface area contributed by atoms with Crippen LogP contribution in [0.1, 0.15) is 39.1 Å². The average Bonchev–Trinajstić information content (AvgIpc) is 2.71. The number of hydrogen-bond acceptors (Lipinski definition) is 5. The highest BCUT2D eigenvalue weighted by Crippen LogP contribution is 2.13. The molecule has 1 saturated heterocycles. The molecule has 8 nitrogen and oxygen atoms in total. The first kappa shape index (κ1) is 20.8. The maximum absolute atomic E-state index is 12.7. The van der Waals surface area contributed by atoms with E-state index in [-0.39, 0.29) is 35.2 Å². The van der Waals surface area contributed by atoms with Crippen molar-refractivity contribution < 1.29 is 18.0 Å². The Morgan fingerprint density at radius 2 is 1.76 bits per heavy atom. The van der Waals surface area contributed by atoms with Crippen LogP contribution in [0.5, 0.6) is 0 Å². The first-order chi connectivity index (χ1) is 13.8. The number of pyridine rings is 1. The third kappa shape index (κ3) is 5.11. The fraction of sp³-hybridized carbons (Fsp3) is 0.350. The van der Waals surface area contributed by atoms with Crippen LogP contribution in [0, 0.1) is 0 Å². The lowest BCUT2D eigenvalue weighted by molar-refractivity contribution is 0.0933. The van der Waals surface area contributed by atoms with E-state index >= 15 is 0 Å². The van der Waals surface area contributed by atoms with Gasteiger partial charge in [0.15, 0.2) is 0 Å². The van der Waals surface area contributed by atoms with Crippen molar-refractivity contribution >= 4 is 21.7 Å². The predicted octanol–water partition coefficient (Wildman–Crippen LogP) is 0.563. The average molecular weight is 417 g/mol. The summed E-state index contributed by atoms with van der Waals surface area (Å²) in [5.41, 5.74) is 0.413. The van der Waals surface area contributed by atoms with Gasteiger partial charge in [-0.25, -0.2) is 8.42 Å². The summed E-state index contributed by atoms with van der Waals surface area (Å²) in [5.74, 6) is -0.944. The summed E-state index contributed by atoms with van der Waals surface area (Å²) in [4.78, 5) is 37.6. The second-order valence-electron chi connectivity index (χ2n) is 7.04. The molecule has 2 amide bonds. The van der Waals surface area contributed by atoms with Crippen LogP contribution < -0.4 is 16.2 Å². The van der Waals surface area contributed by atoms with E-state index in [9.17, 15) is 22.8 Å². The van der Waals surface area contributed by atoms with Gasteiger partial charge in [0.2, 0.25) is 0 Å². The Labute approximate surface area is 168 Å². The van der Waals surface area contributed by atoms with E-state index in [0.717, 1.165) is 5.56 Å². The molecule has 0 saturated carbocycles. The zero-order chi connectivity index (χ0) is 21.0. The molecule has 1 aliphatic rings. The minimum Gasteiger partial charge on any atom is -0.355 e. The van der Waals surface area contributed by atoms with Gasteiger partial charge >= 0.3 is 0 Å². The topological polar surface area (TPSA) is 114 Å². The van der Waals surface area contributed by atoms with Crippen molar-refractivity contribution in [3.05, 3.63) is 69.6 Å². The number of carbonyl (C=O) groups excluding carboxylic acids is 2. The van der Waals surface area contributed by atoms with Crippen LogP contribution in [-0.2, 0) is 16.4 Å². The van der Waals surface area contributed by atoms with Crippen LogP contribution in [0.15, 0.2) is 47.4 Å². The minimum atomic E-state index is -3.03. The lowest BCUT2D eigenvalue weighted by Crippen LogP contribution is -2.41. The normalized spacial score (nSPS) is 16.2. The second-order valence-corrected chi connectivity index (χ2v) is 9.34. The highest BCUT2D eigenvalue weighted by atomic mass is 32.2. The Hall–Kier alpha value is -2.94. The number of benzene rings is 1. The molecule has 0 atom stereocenters. The number of sulfone groups is 1. The zero-order valence-corrected chi connectivity index (χ0v) is 16.9. The molecule has 1 aromatic heterocycles. The van der Waals surface area contributed by atoms with Crippen LogP contribution in [0.4, 0.5) is 0 Å². The van der Waals surface area contributed by atoms with Crippen molar-refractivity contribution in [3.8, 4) is 0 Å². The van der Waals surface area contributed by atoms with Gasteiger partial charge in [-0.15, -0.1) is 0 Å². The van der Waals surface area contributed by atoms with Crippen LogP contribution in [0.25, 0.3) is 0 Å². The number of nitrogens with zero attached hydrogens (tertiary/aromatic N) is 1. The predicted molar refractivity (Wildman–Crippen MR) is 109 cm³/mol. The van der Waals surface area contributed by atoms with Gasteiger partial charge in [-0.2, -0.15) is 0 Å². The molecule has 2 heterocycles. The smallest absolute Gasteiger partial charge is 0.263 e. The number of amides is 2. The van der Waals surface area contributed by atoms with Crippen LogP contribution in [0.2, 0.25) is 0 Å². The van der Waals surface area contributed by atoms with E-state index < -0.39 is 27.2 Å². The first-order valence-corrected chi connectivity index (χ1v) is 11.1. The Morgan fingerprint density at radius 1 is 1.10 bits per heavy atom. The lowest BCUT2D eigenvalue weighted by Gasteiger charge is -2.23. The van der Waals surface area contributed by atoms with E-state index in [0.29, 0.717) is 12.8 Å². The molecule has 0 aliphatic carbocycles. The maximum atomic E-state index is 12.7. The third-order valence-electron chi connectivity index (χ3n) is 4.91. The van der Waals surface area contributed by atoms with E-state index in [1.165, 1.54) is 23.9 Å². The third-order valence-corrected chi connectivity index (χ3v) is 6.62. The molecule has 1 aromatic carbocycles. The molecule has 0 bridgehead atoms. The molecule has 3 rings (SSSR count). The maximum Gasteiger partial charge on any atom is 0.263 e. The van der Waals surface area contributed by atoms with Gasteiger partial charge < -0.3 is 15.2 Å². The lowest BCUT2D eigenvalue weighted by atomic mass is 10.1. The quantitative estimate of drug-likeness (QED) is 0.738. The van der Waals surface area contributed by atoms with Gasteiger partial charge in [-0.3, -0.25) is 14.4 Å². The zero-order valence-electron chi connectivity index (χ0n) is 16.1. The van der Waals surface area contributed by atoms with E-state index in [1.54, 1.807) is 0 Å². The van der Waals surface area contributed by atoms with Crippen molar-refractivity contribution in [1.82, 2.24) is 15.2 Å². The van der Waals surface area contributed by atoms with Crippen molar-refractivity contribution in [2.24, 2.45) is 0 Å². The fourth-order valence-corrected chi connectivity index (χ4v) is 4.75. The molecule has 154 valence electrons. The highest BCUT2D eigenvalue weighted by molar-refractivity contribution is 7.91. The number of nitrogens with one attached hydrogen (secondary N) is 2. The Kier molecular flexibility index (Phi) is 6.17. The SMILES string of the molecule is CNC(=O)c1cc(C(=O)NC2CCS(=O)(=O)CC2)cn(Cc2ccccc2)c1=O.